The highest BCUT2D eigenvalue weighted by atomic mass is 16.8. The number of rotatable bonds is 12. The third kappa shape index (κ3) is 14.5. The second kappa shape index (κ2) is 23.2. The lowest BCUT2D eigenvalue weighted by atomic mass is 10.2. The topological polar surface area (TPSA) is 235 Å². The molecule has 6 rings (SSSR count). The van der Waals surface area contributed by atoms with E-state index in [0.717, 1.165) is 0 Å². The van der Waals surface area contributed by atoms with Crippen LogP contribution in [0.2, 0.25) is 0 Å². The summed E-state index contributed by atoms with van der Waals surface area (Å²) in [7, 11) is 1.27. The fraction of sp³-hybridized carbons (Fsp3) is 0.368. The highest BCUT2D eigenvalue weighted by Crippen LogP contribution is 2.16. The van der Waals surface area contributed by atoms with Gasteiger partial charge in [-0.25, -0.2) is 28.8 Å². The summed E-state index contributed by atoms with van der Waals surface area (Å²) in [6.07, 6.45) is -5.13. The lowest BCUT2D eigenvalue weighted by Gasteiger charge is -2.11. The van der Waals surface area contributed by atoms with E-state index in [1.165, 1.54) is 7.11 Å². The predicted molar refractivity (Wildman–Crippen MR) is 188 cm³/mol. The monoisotopic (exact) mass is 786 g/mol. The zero-order valence-electron chi connectivity index (χ0n) is 29.3. The summed E-state index contributed by atoms with van der Waals surface area (Å²) in [5.41, 5.74) is 1.29. The molecule has 3 fully saturated rings. The Labute approximate surface area is 321 Å². The first-order valence-corrected chi connectivity index (χ1v) is 16.5. The summed E-state index contributed by atoms with van der Waals surface area (Å²) in [6.45, 7) is -0.303. The molecular weight excluding hydrogens is 744 g/mol. The number of carboxylic acid groups (broad SMARTS) is 2. The van der Waals surface area contributed by atoms with Gasteiger partial charge in [0.05, 0.1) is 43.6 Å². The standard InChI is InChI=1S/C13H14O6.2C12H12O6.CH4/c1-16-13(15)10-7-17-11(19-10)8-18-12(14)9-5-3-2-4-6-9;2*13-11(14)9-6-16-10(18-9)7-17-12(15)8-4-2-1-3-5-8;/h2-6,10-11H,7-8H2,1H3;2*1-5,9-10H,6-7H2,(H,13,14);1H4/t10-,11?;9-,10?;9-,10+;/m111./s1. The van der Waals surface area contributed by atoms with Crippen LogP contribution >= 0.6 is 0 Å². The summed E-state index contributed by atoms with van der Waals surface area (Å²) < 4.78 is 50.0. The number of esters is 4. The molecule has 56 heavy (non-hydrogen) atoms. The first-order chi connectivity index (χ1) is 26.5. The van der Waals surface area contributed by atoms with Gasteiger partial charge in [0.25, 0.3) is 0 Å². The molecule has 3 aliphatic heterocycles. The minimum Gasteiger partial charge on any atom is -0.479 e. The van der Waals surface area contributed by atoms with Crippen LogP contribution in [0.15, 0.2) is 91.0 Å². The van der Waals surface area contributed by atoms with Gasteiger partial charge in [-0.15, -0.1) is 0 Å². The Kier molecular flexibility index (Phi) is 18.5. The predicted octanol–water partition coefficient (Wildman–Crippen LogP) is 2.73. The number of benzene rings is 3. The lowest BCUT2D eigenvalue weighted by Crippen LogP contribution is -2.26. The SMILES string of the molecule is C.COC(=O)[C@H]1COC(COC(=O)c2ccccc2)O1.O=C(OCC1OC[C@H](C(=O)O)O1)c1ccccc1.O=C(OC[C@H]1OC[C@H](C(=O)O)O1)c1ccccc1. The molecule has 0 radical (unpaired) electrons. The summed E-state index contributed by atoms with van der Waals surface area (Å²) in [5, 5.41) is 17.3. The van der Waals surface area contributed by atoms with E-state index in [2.05, 4.69) is 4.74 Å². The average molecular weight is 787 g/mol. The second-order valence-corrected chi connectivity index (χ2v) is 11.3. The van der Waals surface area contributed by atoms with Crippen molar-refractivity contribution in [3.63, 3.8) is 0 Å². The van der Waals surface area contributed by atoms with Crippen molar-refractivity contribution in [2.75, 3.05) is 46.8 Å². The number of hydrogen-bond acceptors (Lipinski definition) is 16. The quantitative estimate of drug-likeness (QED) is 0.198. The Morgan fingerprint density at radius 2 is 0.804 bits per heavy atom. The Hall–Kier alpha value is -5.76. The van der Waals surface area contributed by atoms with Crippen LogP contribution in [0.4, 0.5) is 0 Å². The molecule has 2 N–H and O–H groups in total. The van der Waals surface area contributed by atoms with E-state index in [4.69, 9.17) is 52.8 Å². The molecule has 0 bridgehead atoms. The molecule has 18 nitrogen and oxygen atoms in total. The zero-order valence-corrected chi connectivity index (χ0v) is 29.3. The normalized spacial score (nSPS) is 22.0. The minimum atomic E-state index is -1.09. The highest BCUT2D eigenvalue weighted by Gasteiger charge is 2.34. The van der Waals surface area contributed by atoms with Crippen LogP contribution < -0.4 is 0 Å². The van der Waals surface area contributed by atoms with E-state index >= 15 is 0 Å². The van der Waals surface area contributed by atoms with E-state index in [1.54, 1.807) is 91.0 Å². The molecule has 0 saturated carbocycles. The van der Waals surface area contributed by atoms with Crippen molar-refractivity contribution in [1.82, 2.24) is 0 Å². The molecule has 3 saturated heterocycles. The number of carboxylic acids is 2. The van der Waals surface area contributed by atoms with Gasteiger partial charge in [0.15, 0.2) is 37.2 Å². The van der Waals surface area contributed by atoms with E-state index in [9.17, 15) is 28.8 Å². The molecule has 3 aromatic rings. The van der Waals surface area contributed by atoms with Crippen LogP contribution in [0, 0.1) is 0 Å². The van der Waals surface area contributed by atoms with Crippen LogP contribution in [-0.2, 0) is 61.8 Å². The van der Waals surface area contributed by atoms with Crippen molar-refractivity contribution in [2.45, 2.75) is 44.6 Å². The van der Waals surface area contributed by atoms with Crippen molar-refractivity contribution in [3.8, 4) is 0 Å². The molecule has 18 heteroatoms. The number of carbonyl (C=O) groups excluding carboxylic acids is 4. The Balaban J connectivity index is 0.000000223. The van der Waals surface area contributed by atoms with Crippen LogP contribution in [0.5, 0.6) is 0 Å². The minimum absolute atomic E-state index is 0. The van der Waals surface area contributed by atoms with Crippen LogP contribution in [-0.4, -0.2) is 130 Å². The lowest BCUT2D eigenvalue weighted by molar-refractivity contribution is -0.156. The first kappa shape index (κ1) is 44.6. The van der Waals surface area contributed by atoms with Crippen molar-refractivity contribution in [2.24, 2.45) is 0 Å². The molecule has 0 aliphatic carbocycles. The molecule has 0 spiro atoms. The van der Waals surface area contributed by atoms with Crippen molar-refractivity contribution in [3.05, 3.63) is 108 Å². The molecule has 0 aromatic heterocycles. The maximum absolute atomic E-state index is 11.6. The van der Waals surface area contributed by atoms with Gasteiger partial charge in [0, 0.05) is 0 Å². The fourth-order valence-corrected chi connectivity index (χ4v) is 4.55. The van der Waals surface area contributed by atoms with E-state index < -0.39 is 73.0 Å². The third-order valence-corrected chi connectivity index (χ3v) is 7.34. The van der Waals surface area contributed by atoms with Gasteiger partial charge in [-0.05, 0) is 36.4 Å². The summed E-state index contributed by atoms with van der Waals surface area (Å²) >= 11 is 0. The largest absolute Gasteiger partial charge is 0.479 e. The Morgan fingerprint density at radius 3 is 1.07 bits per heavy atom. The van der Waals surface area contributed by atoms with E-state index in [1.807, 2.05) is 0 Å². The maximum Gasteiger partial charge on any atom is 0.338 e. The van der Waals surface area contributed by atoms with Gasteiger partial charge in [-0.1, -0.05) is 62.0 Å². The van der Waals surface area contributed by atoms with Crippen molar-refractivity contribution < 1.29 is 86.3 Å². The number of hydrogen-bond donors (Lipinski definition) is 2. The van der Waals surface area contributed by atoms with Crippen molar-refractivity contribution >= 4 is 35.8 Å². The summed E-state index contributed by atoms with van der Waals surface area (Å²) in [6, 6.07) is 25.5. The van der Waals surface area contributed by atoms with Gasteiger partial charge in [0.2, 0.25) is 0 Å². The second-order valence-electron chi connectivity index (χ2n) is 11.3. The van der Waals surface area contributed by atoms with Crippen LogP contribution in [0.25, 0.3) is 0 Å². The Morgan fingerprint density at radius 1 is 0.518 bits per heavy atom. The van der Waals surface area contributed by atoms with Crippen molar-refractivity contribution in [1.29, 1.82) is 0 Å². The average Bonchev–Trinajstić information content (AvgIpc) is 4.02. The summed E-state index contributed by atoms with van der Waals surface area (Å²) in [5.74, 6) is -4.15. The highest BCUT2D eigenvalue weighted by molar-refractivity contribution is 5.90. The number of aliphatic carboxylic acids is 2. The van der Waals surface area contributed by atoms with Crippen LogP contribution in [0.1, 0.15) is 38.5 Å². The van der Waals surface area contributed by atoms with E-state index in [0.29, 0.717) is 16.7 Å². The fourth-order valence-electron chi connectivity index (χ4n) is 4.55. The van der Waals surface area contributed by atoms with Gasteiger partial charge < -0.3 is 57.6 Å². The molecule has 302 valence electrons. The first-order valence-electron chi connectivity index (χ1n) is 16.5. The molecule has 3 aromatic carbocycles. The van der Waals surface area contributed by atoms with Gasteiger partial charge >= 0.3 is 35.8 Å². The number of carbonyl (C=O) groups is 6. The van der Waals surface area contributed by atoms with Gasteiger partial charge in [-0.2, -0.15) is 0 Å². The summed E-state index contributed by atoms with van der Waals surface area (Å²) in [4.78, 5) is 67.2. The molecular formula is C38H42O18. The third-order valence-electron chi connectivity index (χ3n) is 7.34. The molecule has 0 amide bonds. The maximum atomic E-state index is 11.6. The van der Waals surface area contributed by atoms with Gasteiger partial charge in [0.1, 0.15) is 19.8 Å². The molecule has 3 heterocycles. The molecule has 2 unspecified atom stereocenters. The zero-order chi connectivity index (χ0) is 39.6. The molecule has 6 atom stereocenters. The number of ether oxygens (including phenoxy) is 10. The Bertz CT molecular complexity index is 1620. The number of methoxy groups -OCH3 is 1. The smallest absolute Gasteiger partial charge is 0.338 e. The van der Waals surface area contributed by atoms with Crippen LogP contribution in [0.3, 0.4) is 0 Å². The molecule has 3 aliphatic rings. The van der Waals surface area contributed by atoms with E-state index in [-0.39, 0.29) is 47.1 Å². The van der Waals surface area contributed by atoms with Gasteiger partial charge in [-0.3, -0.25) is 0 Å².